The van der Waals surface area contributed by atoms with Gasteiger partial charge in [-0.25, -0.2) is 0 Å². The molecule has 0 spiro atoms. The molecule has 0 bridgehead atoms. The van der Waals surface area contributed by atoms with E-state index in [1.165, 1.54) is 6.07 Å². The van der Waals surface area contributed by atoms with Crippen LogP contribution in [0.3, 0.4) is 0 Å². The molecule has 0 fully saturated rings. The van der Waals surface area contributed by atoms with E-state index in [1.54, 1.807) is 18.5 Å². The molecule has 0 saturated heterocycles. The van der Waals surface area contributed by atoms with E-state index < -0.39 is 0 Å². The molecule has 78 valence electrons. The predicted octanol–water partition coefficient (Wildman–Crippen LogP) is 2.46. The molecular formula is C12H14N2O. The van der Waals surface area contributed by atoms with Gasteiger partial charge in [0.1, 0.15) is 0 Å². The fourth-order valence-corrected chi connectivity index (χ4v) is 1.10. The summed E-state index contributed by atoms with van der Waals surface area (Å²) in [5.74, 6) is 0. The van der Waals surface area contributed by atoms with Crippen LogP contribution in [0.2, 0.25) is 0 Å². The molecule has 2 rings (SSSR count). The fourth-order valence-electron chi connectivity index (χ4n) is 1.10. The van der Waals surface area contributed by atoms with Crippen LogP contribution >= 0.6 is 0 Å². The van der Waals surface area contributed by atoms with E-state index in [0.717, 1.165) is 11.3 Å². The summed E-state index contributed by atoms with van der Waals surface area (Å²) in [6.07, 6.45) is 3.38. The molecule has 15 heavy (non-hydrogen) atoms. The Bertz CT molecular complexity index is 428. The zero-order chi connectivity index (χ0) is 11.1. The second-order valence-electron chi connectivity index (χ2n) is 2.66. The molecule has 0 amide bonds. The van der Waals surface area contributed by atoms with Crippen molar-refractivity contribution in [1.29, 1.82) is 0 Å². The van der Waals surface area contributed by atoms with Crippen molar-refractivity contribution in [1.82, 2.24) is 9.97 Å². The lowest BCUT2D eigenvalue weighted by Gasteiger charge is -1.97. The van der Waals surface area contributed by atoms with Crippen molar-refractivity contribution >= 4 is 0 Å². The number of H-pyrrole nitrogens is 1. The number of hydrogen-bond donors (Lipinski definition) is 1. The number of hydrogen-bond acceptors (Lipinski definition) is 2. The molecule has 0 aliphatic rings. The van der Waals surface area contributed by atoms with Crippen LogP contribution in [0.25, 0.3) is 11.3 Å². The van der Waals surface area contributed by atoms with E-state index >= 15 is 0 Å². The van der Waals surface area contributed by atoms with Gasteiger partial charge in [0.05, 0.1) is 5.69 Å². The number of pyridine rings is 2. The van der Waals surface area contributed by atoms with Gasteiger partial charge in [0, 0.05) is 24.0 Å². The van der Waals surface area contributed by atoms with Crippen molar-refractivity contribution in [2.45, 2.75) is 13.8 Å². The van der Waals surface area contributed by atoms with Gasteiger partial charge in [-0.2, -0.15) is 0 Å². The zero-order valence-corrected chi connectivity index (χ0v) is 8.90. The molecule has 2 aromatic rings. The predicted molar refractivity (Wildman–Crippen MR) is 61.6 cm³/mol. The van der Waals surface area contributed by atoms with Crippen LogP contribution in [0.15, 0.2) is 47.5 Å². The number of aromatic nitrogens is 2. The van der Waals surface area contributed by atoms with Crippen molar-refractivity contribution in [3.8, 4) is 11.3 Å². The first-order valence-corrected chi connectivity index (χ1v) is 4.96. The Morgan fingerprint density at radius 2 is 1.93 bits per heavy atom. The number of nitrogens with one attached hydrogen (secondary N) is 1. The third-order valence-electron chi connectivity index (χ3n) is 1.74. The van der Waals surface area contributed by atoms with Gasteiger partial charge in [-0.15, -0.1) is 0 Å². The molecule has 0 unspecified atom stereocenters. The second kappa shape index (κ2) is 5.75. The first-order chi connectivity index (χ1) is 7.36. The Labute approximate surface area is 88.8 Å². The minimum absolute atomic E-state index is 0.0975. The van der Waals surface area contributed by atoms with Gasteiger partial charge < -0.3 is 4.98 Å². The van der Waals surface area contributed by atoms with E-state index in [4.69, 9.17) is 0 Å². The quantitative estimate of drug-likeness (QED) is 0.772. The normalized spacial score (nSPS) is 8.93. The maximum Gasteiger partial charge on any atom is 0.247 e. The lowest BCUT2D eigenvalue weighted by Crippen LogP contribution is -2.01. The molecule has 0 atom stereocenters. The molecule has 2 heterocycles. The van der Waals surface area contributed by atoms with E-state index in [1.807, 2.05) is 32.0 Å². The first-order valence-electron chi connectivity index (χ1n) is 4.96. The average molecular weight is 202 g/mol. The smallest absolute Gasteiger partial charge is 0.247 e. The maximum absolute atomic E-state index is 10.8. The fraction of sp³-hybridized carbons (Fsp3) is 0.167. The highest BCUT2D eigenvalue weighted by atomic mass is 16.1. The van der Waals surface area contributed by atoms with Crippen LogP contribution < -0.4 is 5.56 Å². The Morgan fingerprint density at radius 3 is 2.47 bits per heavy atom. The van der Waals surface area contributed by atoms with Crippen molar-refractivity contribution < 1.29 is 0 Å². The molecule has 0 saturated carbocycles. The topological polar surface area (TPSA) is 45.8 Å². The summed E-state index contributed by atoms with van der Waals surface area (Å²) < 4.78 is 0. The largest absolute Gasteiger partial charge is 0.328 e. The highest BCUT2D eigenvalue weighted by molar-refractivity contribution is 5.56. The van der Waals surface area contributed by atoms with E-state index in [-0.39, 0.29) is 5.56 Å². The monoisotopic (exact) mass is 202 g/mol. The summed E-state index contributed by atoms with van der Waals surface area (Å²) in [6, 6.07) is 8.90. The third-order valence-corrected chi connectivity index (χ3v) is 1.74. The van der Waals surface area contributed by atoms with E-state index in [9.17, 15) is 4.79 Å². The van der Waals surface area contributed by atoms with E-state index in [2.05, 4.69) is 9.97 Å². The van der Waals surface area contributed by atoms with Gasteiger partial charge >= 0.3 is 0 Å². The zero-order valence-electron chi connectivity index (χ0n) is 8.90. The van der Waals surface area contributed by atoms with Gasteiger partial charge in [-0.05, 0) is 18.2 Å². The van der Waals surface area contributed by atoms with Crippen LogP contribution in [-0.2, 0) is 0 Å². The SMILES string of the molecule is CC.O=c1ccc(-c2ccccn2)c[nH]1. The van der Waals surface area contributed by atoms with Crippen LogP contribution in [0.1, 0.15) is 13.8 Å². The number of nitrogens with zero attached hydrogens (tertiary/aromatic N) is 1. The average Bonchev–Trinajstić information content (AvgIpc) is 2.34. The second-order valence-corrected chi connectivity index (χ2v) is 2.66. The van der Waals surface area contributed by atoms with Crippen molar-refractivity contribution in [3.05, 3.63) is 53.1 Å². The van der Waals surface area contributed by atoms with E-state index in [0.29, 0.717) is 0 Å². The standard InChI is InChI=1S/C10H8N2O.C2H6/c13-10-5-4-8(7-12-10)9-3-1-2-6-11-9;1-2/h1-7H,(H,12,13);1-2H3. The minimum Gasteiger partial charge on any atom is -0.328 e. The van der Waals surface area contributed by atoms with Crippen molar-refractivity contribution in [2.75, 3.05) is 0 Å². The van der Waals surface area contributed by atoms with Gasteiger partial charge in [-0.1, -0.05) is 19.9 Å². The molecule has 0 aromatic carbocycles. The molecule has 0 aliphatic heterocycles. The van der Waals surface area contributed by atoms with Crippen molar-refractivity contribution in [3.63, 3.8) is 0 Å². The molecule has 0 radical (unpaired) electrons. The third kappa shape index (κ3) is 3.06. The van der Waals surface area contributed by atoms with Crippen LogP contribution in [-0.4, -0.2) is 9.97 Å². The summed E-state index contributed by atoms with van der Waals surface area (Å²) >= 11 is 0. The summed E-state index contributed by atoms with van der Waals surface area (Å²) in [6.45, 7) is 4.00. The molecule has 1 N–H and O–H groups in total. The summed E-state index contributed by atoms with van der Waals surface area (Å²) in [5.41, 5.74) is 1.68. The first kappa shape index (κ1) is 11.2. The number of aromatic amines is 1. The van der Waals surface area contributed by atoms with Gasteiger partial charge in [-0.3, -0.25) is 9.78 Å². The van der Waals surface area contributed by atoms with Crippen LogP contribution in [0, 0.1) is 0 Å². The molecule has 0 aliphatic carbocycles. The Balaban J connectivity index is 0.000000531. The van der Waals surface area contributed by atoms with Gasteiger partial charge in [0.15, 0.2) is 0 Å². The summed E-state index contributed by atoms with van der Waals surface area (Å²) in [4.78, 5) is 17.5. The van der Waals surface area contributed by atoms with Crippen LogP contribution in [0.4, 0.5) is 0 Å². The summed E-state index contributed by atoms with van der Waals surface area (Å²) in [5, 5.41) is 0. The highest BCUT2D eigenvalue weighted by Gasteiger charge is 1.95. The molecule has 3 nitrogen and oxygen atoms in total. The Kier molecular flexibility index (Phi) is 4.29. The maximum atomic E-state index is 10.8. The molecule has 2 aromatic heterocycles. The lowest BCUT2D eigenvalue weighted by atomic mass is 10.2. The minimum atomic E-state index is -0.0975. The lowest BCUT2D eigenvalue weighted by molar-refractivity contribution is 1.22. The Hall–Kier alpha value is -1.90. The van der Waals surface area contributed by atoms with Gasteiger partial charge in [0.2, 0.25) is 5.56 Å². The van der Waals surface area contributed by atoms with Crippen molar-refractivity contribution in [2.24, 2.45) is 0 Å². The Morgan fingerprint density at radius 1 is 1.13 bits per heavy atom. The molecule has 3 heteroatoms. The molecular weight excluding hydrogens is 188 g/mol. The van der Waals surface area contributed by atoms with Crippen LogP contribution in [0.5, 0.6) is 0 Å². The van der Waals surface area contributed by atoms with Gasteiger partial charge in [0.25, 0.3) is 0 Å². The highest BCUT2D eigenvalue weighted by Crippen LogP contribution is 2.12. The summed E-state index contributed by atoms with van der Waals surface area (Å²) in [7, 11) is 0. The number of rotatable bonds is 1.